The molecule has 14 heteroatoms. The van der Waals surface area contributed by atoms with Gasteiger partial charge in [0.1, 0.15) is 12.3 Å². The number of halogens is 1. The zero-order valence-corrected chi connectivity index (χ0v) is 26.6. The summed E-state index contributed by atoms with van der Waals surface area (Å²) in [6, 6.07) is 20.8. The average molecular weight is 660 g/mol. The molecule has 0 aliphatic rings. The van der Waals surface area contributed by atoms with E-state index in [1.54, 1.807) is 18.2 Å². The molecule has 0 heterocycles. The number of anilines is 3. The summed E-state index contributed by atoms with van der Waals surface area (Å²) in [6.07, 6.45) is 0. The highest BCUT2D eigenvalue weighted by molar-refractivity contribution is 7.93. The molecule has 232 valence electrons. The summed E-state index contributed by atoms with van der Waals surface area (Å²) < 4.78 is 72.9. The molecule has 0 atom stereocenters. The Morgan fingerprint density at radius 1 is 0.750 bits per heavy atom. The topological polar surface area (TPSA) is 140 Å². The van der Waals surface area contributed by atoms with Gasteiger partial charge in [0.2, 0.25) is 5.91 Å². The zero-order chi connectivity index (χ0) is 32.1. The number of carbonyl (C=O) groups excluding carboxylic acids is 1. The van der Waals surface area contributed by atoms with Crippen LogP contribution < -0.4 is 28.6 Å². The summed E-state index contributed by atoms with van der Waals surface area (Å²) in [5.41, 5.74) is 1.56. The van der Waals surface area contributed by atoms with Gasteiger partial charge in [0.25, 0.3) is 20.0 Å². The molecule has 0 saturated heterocycles. The third-order valence-corrected chi connectivity index (χ3v) is 9.75. The van der Waals surface area contributed by atoms with E-state index in [0.29, 0.717) is 11.4 Å². The second-order valence-corrected chi connectivity index (χ2v) is 13.4. The maximum absolute atomic E-state index is 14.0. The van der Waals surface area contributed by atoms with Gasteiger partial charge in [-0.25, -0.2) is 16.8 Å². The second kappa shape index (κ2) is 13.5. The van der Waals surface area contributed by atoms with E-state index in [0.717, 1.165) is 9.87 Å². The van der Waals surface area contributed by atoms with Gasteiger partial charge in [0.05, 0.1) is 36.8 Å². The maximum Gasteiger partial charge on any atom is 0.265 e. The molecule has 0 aromatic heterocycles. The average Bonchev–Trinajstić information content (AvgIpc) is 2.99. The third kappa shape index (κ3) is 7.36. The summed E-state index contributed by atoms with van der Waals surface area (Å²) in [6.45, 7) is 1.17. The Kier molecular flexibility index (Phi) is 9.92. The number of aryl methyl sites for hydroxylation is 1. The van der Waals surface area contributed by atoms with Gasteiger partial charge in [-0.2, -0.15) is 0 Å². The van der Waals surface area contributed by atoms with Crippen LogP contribution in [0.25, 0.3) is 0 Å². The first-order valence-corrected chi connectivity index (χ1v) is 16.3. The summed E-state index contributed by atoms with van der Waals surface area (Å²) in [5, 5.41) is 2.83. The van der Waals surface area contributed by atoms with E-state index < -0.39 is 32.5 Å². The number of nitrogens with one attached hydrogen (secondary N) is 2. The summed E-state index contributed by atoms with van der Waals surface area (Å²) in [5.74, 6) is -0.0786. The molecule has 4 aromatic rings. The van der Waals surface area contributed by atoms with Gasteiger partial charge >= 0.3 is 0 Å². The highest BCUT2D eigenvalue weighted by atomic mass is 35.5. The highest BCUT2D eigenvalue weighted by Gasteiger charge is 2.31. The van der Waals surface area contributed by atoms with Crippen LogP contribution in [0.3, 0.4) is 0 Å². The van der Waals surface area contributed by atoms with Crippen LogP contribution in [0.5, 0.6) is 17.2 Å². The second-order valence-electron chi connectivity index (χ2n) is 9.39. The van der Waals surface area contributed by atoms with Crippen LogP contribution in [0.2, 0.25) is 5.02 Å². The van der Waals surface area contributed by atoms with E-state index >= 15 is 0 Å². The minimum Gasteiger partial charge on any atom is -0.495 e. The molecule has 44 heavy (non-hydrogen) atoms. The molecule has 4 rings (SSSR count). The lowest BCUT2D eigenvalue weighted by molar-refractivity contribution is -0.114. The van der Waals surface area contributed by atoms with Crippen molar-refractivity contribution in [3.8, 4) is 17.2 Å². The molecule has 0 bridgehead atoms. The first-order valence-electron chi connectivity index (χ1n) is 13.0. The van der Waals surface area contributed by atoms with Gasteiger partial charge in [-0.1, -0.05) is 23.7 Å². The Hall–Kier alpha value is -4.46. The van der Waals surface area contributed by atoms with Crippen LogP contribution in [-0.2, 0) is 24.8 Å². The van der Waals surface area contributed by atoms with Gasteiger partial charge in [-0.15, -0.1) is 0 Å². The molecule has 0 spiro atoms. The van der Waals surface area contributed by atoms with E-state index in [4.69, 9.17) is 25.8 Å². The van der Waals surface area contributed by atoms with Crippen LogP contribution in [0.4, 0.5) is 17.1 Å². The lowest BCUT2D eigenvalue weighted by Crippen LogP contribution is -2.38. The molecule has 0 radical (unpaired) electrons. The van der Waals surface area contributed by atoms with E-state index in [9.17, 15) is 21.6 Å². The molecular formula is C30H30ClN3O8S2. The van der Waals surface area contributed by atoms with Crippen molar-refractivity contribution < 1.29 is 35.8 Å². The minimum atomic E-state index is -4.40. The van der Waals surface area contributed by atoms with E-state index in [2.05, 4.69) is 10.0 Å². The fraction of sp³-hybridized carbons (Fsp3) is 0.167. The first kappa shape index (κ1) is 32.5. The van der Waals surface area contributed by atoms with E-state index in [1.807, 2.05) is 13.0 Å². The van der Waals surface area contributed by atoms with Gasteiger partial charge in [-0.3, -0.25) is 13.8 Å². The molecule has 0 unspecified atom stereocenters. The molecule has 11 nitrogen and oxygen atoms in total. The Labute approximate surface area is 261 Å². The quantitative estimate of drug-likeness (QED) is 0.209. The van der Waals surface area contributed by atoms with Crippen LogP contribution in [0, 0.1) is 6.92 Å². The van der Waals surface area contributed by atoms with Crippen LogP contribution in [0.15, 0.2) is 94.7 Å². The molecule has 0 aliphatic carbocycles. The monoisotopic (exact) mass is 659 g/mol. The number of carbonyl (C=O) groups is 1. The van der Waals surface area contributed by atoms with Gasteiger partial charge in [-0.05, 0) is 79.2 Å². The van der Waals surface area contributed by atoms with E-state index in [1.165, 1.54) is 82.0 Å². The molecule has 0 fully saturated rings. The predicted octanol–water partition coefficient (Wildman–Crippen LogP) is 5.31. The van der Waals surface area contributed by atoms with Crippen LogP contribution >= 0.6 is 11.6 Å². The number of rotatable bonds is 12. The van der Waals surface area contributed by atoms with Gasteiger partial charge in [0, 0.05) is 22.5 Å². The smallest absolute Gasteiger partial charge is 0.265 e. The molecule has 0 aliphatic heterocycles. The molecule has 4 aromatic carbocycles. The molecule has 0 saturated carbocycles. The number of amides is 1. The van der Waals surface area contributed by atoms with Gasteiger partial charge < -0.3 is 19.5 Å². The lowest BCUT2D eigenvalue weighted by Gasteiger charge is -2.26. The Balaban J connectivity index is 1.62. The standard InChI is InChI=1S/C30H30ClN3O8S2/c1-20-6-5-7-23(16-20)33-43(36,37)24-11-9-22(10-12-24)32-30(35)19-34(26-17-21(31)8-14-27(26)40-2)44(38,39)25-13-15-28(41-3)29(18-25)42-4/h5-18,33H,19H2,1-4H3,(H,32,35). The predicted molar refractivity (Wildman–Crippen MR) is 169 cm³/mol. The largest absolute Gasteiger partial charge is 0.495 e. The van der Waals surface area contributed by atoms with Crippen molar-refractivity contribution in [3.05, 3.63) is 95.5 Å². The van der Waals surface area contributed by atoms with Crippen molar-refractivity contribution in [2.24, 2.45) is 0 Å². The van der Waals surface area contributed by atoms with Crippen molar-refractivity contribution in [1.82, 2.24) is 0 Å². The number of hydrogen-bond donors (Lipinski definition) is 2. The number of hydrogen-bond acceptors (Lipinski definition) is 8. The van der Waals surface area contributed by atoms with Crippen molar-refractivity contribution in [2.45, 2.75) is 16.7 Å². The number of methoxy groups -OCH3 is 3. The Bertz CT molecular complexity index is 1880. The first-order chi connectivity index (χ1) is 20.9. The number of sulfonamides is 2. The van der Waals surface area contributed by atoms with Gasteiger partial charge in [0.15, 0.2) is 11.5 Å². The maximum atomic E-state index is 14.0. The molecule has 1 amide bonds. The van der Waals surface area contributed by atoms with Crippen molar-refractivity contribution in [3.63, 3.8) is 0 Å². The minimum absolute atomic E-state index is 0.0219. The SMILES string of the molecule is COc1ccc(S(=O)(=O)N(CC(=O)Nc2ccc(S(=O)(=O)Nc3cccc(C)c3)cc2)c2cc(Cl)ccc2OC)cc1OC. The van der Waals surface area contributed by atoms with Crippen molar-refractivity contribution in [1.29, 1.82) is 0 Å². The van der Waals surface area contributed by atoms with Crippen molar-refractivity contribution >= 4 is 54.6 Å². The number of nitrogens with zero attached hydrogens (tertiary/aromatic N) is 1. The third-order valence-electron chi connectivity index (χ3n) is 6.36. The summed E-state index contributed by atoms with van der Waals surface area (Å²) in [7, 11) is -4.15. The molecule has 2 N–H and O–H groups in total. The Morgan fingerprint density at radius 2 is 1.39 bits per heavy atom. The van der Waals surface area contributed by atoms with E-state index in [-0.39, 0.29) is 37.7 Å². The lowest BCUT2D eigenvalue weighted by atomic mass is 10.2. The Morgan fingerprint density at radius 3 is 2.02 bits per heavy atom. The summed E-state index contributed by atoms with van der Waals surface area (Å²) in [4.78, 5) is 13.1. The normalized spacial score (nSPS) is 11.4. The van der Waals surface area contributed by atoms with Crippen LogP contribution in [0.1, 0.15) is 5.56 Å². The number of benzene rings is 4. The van der Waals surface area contributed by atoms with Crippen LogP contribution in [-0.4, -0.2) is 50.6 Å². The zero-order valence-electron chi connectivity index (χ0n) is 24.2. The summed E-state index contributed by atoms with van der Waals surface area (Å²) >= 11 is 6.21. The highest BCUT2D eigenvalue weighted by Crippen LogP contribution is 2.37. The fourth-order valence-corrected chi connectivity index (χ4v) is 6.89. The molecular weight excluding hydrogens is 630 g/mol. The fourth-order valence-electron chi connectivity index (χ4n) is 4.23. The number of ether oxygens (including phenoxy) is 3. The van der Waals surface area contributed by atoms with Crippen molar-refractivity contribution in [2.75, 3.05) is 42.2 Å².